The average Bonchev–Trinajstić information content (AvgIpc) is 2.53. The van der Waals surface area contributed by atoms with Crippen LogP contribution in [0.1, 0.15) is 13.8 Å². The second-order valence-electron chi connectivity index (χ2n) is 4.80. The van der Waals surface area contributed by atoms with Gasteiger partial charge in [0.25, 0.3) is 0 Å². The molecule has 0 radical (unpaired) electrons. The summed E-state index contributed by atoms with van der Waals surface area (Å²) in [5.74, 6) is 1.22. The number of nitrogens with two attached hydrogens (primary N) is 1. The molecule has 0 heterocycles. The van der Waals surface area contributed by atoms with Crippen molar-refractivity contribution in [2.24, 2.45) is 5.73 Å². The molecular weight excluding hydrogens is 311 g/mol. The first-order chi connectivity index (χ1) is 10.8. The van der Waals surface area contributed by atoms with Crippen molar-refractivity contribution >= 4 is 23.2 Å². The van der Waals surface area contributed by atoms with Crippen LogP contribution in [0.2, 0.25) is 0 Å². The van der Waals surface area contributed by atoms with Gasteiger partial charge in [-0.15, -0.1) is 13.0 Å². The van der Waals surface area contributed by atoms with E-state index >= 15 is 0 Å². The van der Waals surface area contributed by atoms with Crippen molar-refractivity contribution in [1.29, 1.82) is 0 Å². The smallest absolute Gasteiger partial charge is 0.244 e. The molecule has 1 unspecified atom stereocenters. The van der Waals surface area contributed by atoms with Crippen LogP contribution in [0.3, 0.4) is 0 Å². The second-order valence-corrected chi connectivity index (χ2v) is 5.89. The Hall–Kier alpha value is -2.45. The van der Waals surface area contributed by atoms with Crippen LogP contribution in [0.4, 0.5) is 10.1 Å². The summed E-state index contributed by atoms with van der Waals surface area (Å²) in [6, 6.07) is 5.84. The molecule has 23 heavy (non-hydrogen) atoms. The van der Waals surface area contributed by atoms with Crippen molar-refractivity contribution in [2.75, 3.05) is 4.90 Å². The van der Waals surface area contributed by atoms with Crippen LogP contribution >= 0.6 is 11.8 Å². The number of hydrogen-bond donors (Lipinski definition) is 1. The van der Waals surface area contributed by atoms with Gasteiger partial charge in [-0.3, -0.25) is 4.79 Å². The van der Waals surface area contributed by atoms with Gasteiger partial charge in [0.2, 0.25) is 5.78 Å². The molecule has 0 fully saturated rings. The Kier molecular flexibility index (Phi) is 6.67. The topological polar surface area (TPSA) is 46.3 Å². The van der Waals surface area contributed by atoms with E-state index < -0.39 is 5.78 Å². The summed E-state index contributed by atoms with van der Waals surface area (Å²) in [6.07, 6.45) is 6.89. The van der Waals surface area contributed by atoms with E-state index in [0.29, 0.717) is 10.7 Å². The molecule has 2 N–H and O–H groups in total. The molecule has 0 amide bonds. The molecule has 0 aliphatic rings. The number of terminal acetylenes is 1. The largest absolute Gasteiger partial charge is 0.401 e. The molecule has 0 spiro atoms. The Morgan fingerprint density at radius 1 is 1.48 bits per heavy atom. The van der Waals surface area contributed by atoms with E-state index in [2.05, 4.69) is 19.1 Å². The van der Waals surface area contributed by atoms with E-state index in [1.165, 1.54) is 12.1 Å². The molecule has 5 heteroatoms. The van der Waals surface area contributed by atoms with Crippen molar-refractivity contribution in [1.82, 2.24) is 0 Å². The van der Waals surface area contributed by atoms with Crippen LogP contribution in [0.15, 0.2) is 59.1 Å². The lowest BCUT2D eigenvalue weighted by molar-refractivity contribution is -0.110. The monoisotopic (exact) mass is 330 g/mol. The molecule has 0 saturated carbocycles. The molecule has 0 aliphatic carbocycles. The Morgan fingerprint density at radius 2 is 2.04 bits per heavy atom. The van der Waals surface area contributed by atoms with Gasteiger partial charge in [0.1, 0.15) is 5.82 Å². The number of nitrogens with zero attached hydrogens (tertiary/aromatic N) is 1. The Morgan fingerprint density at radius 3 is 2.48 bits per heavy atom. The Bertz CT molecular complexity index is 682. The van der Waals surface area contributed by atoms with Gasteiger partial charge in [0, 0.05) is 17.4 Å². The summed E-state index contributed by atoms with van der Waals surface area (Å²) in [7, 11) is 0. The molecule has 0 aliphatic heterocycles. The predicted octanol–water partition coefficient (Wildman–Crippen LogP) is 3.80. The molecule has 120 valence electrons. The number of thioether (sulfide) groups is 1. The summed E-state index contributed by atoms with van der Waals surface area (Å²) in [5, 5.41) is 0.535. The van der Waals surface area contributed by atoms with Gasteiger partial charge in [-0.2, -0.15) is 0 Å². The van der Waals surface area contributed by atoms with E-state index in [1.54, 1.807) is 25.1 Å². The SMILES string of the molecule is C#CC(=O)/C(SC(=C)N(c1ccc(F)cc1)C(C)C=C)=C(/C)N. The number of carbonyl (C=O) groups excluding carboxylic acids is 1. The van der Waals surface area contributed by atoms with Crippen molar-refractivity contribution in [3.63, 3.8) is 0 Å². The van der Waals surface area contributed by atoms with Crippen molar-refractivity contribution in [2.45, 2.75) is 19.9 Å². The van der Waals surface area contributed by atoms with Gasteiger partial charge in [0.15, 0.2) is 0 Å². The van der Waals surface area contributed by atoms with Gasteiger partial charge in [-0.25, -0.2) is 4.39 Å². The zero-order valence-corrected chi connectivity index (χ0v) is 14.0. The fraction of sp³-hybridized carbons (Fsp3) is 0.167. The van der Waals surface area contributed by atoms with Crippen LogP contribution in [-0.2, 0) is 4.79 Å². The molecular formula is C18H19FN2OS. The quantitative estimate of drug-likeness (QED) is 0.357. The lowest BCUT2D eigenvalue weighted by atomic mass is 10.2. The maximum absolute atomic E-state index is 13.1. The lowest BCUT2D eigenvalue weighted by Crippen LogP contribution is -2.29. The third kappa shape index (κ3) is 4.76. The number of anilines is 1. The third-order valence-electron chi connectivity index (χ3n) is 3.04. The summed E-state index contributed by atoms with van der Waals surface area (Å²) in [6.45, 7) is 11.3. The van der Waals surface area contributed by atoms with E-state index in [4.69, 9.17) is 12.2 Å². The van der Waals surface area contributed by atoms with Crippen molar-refractivity contribution < 1.29 is 9.18 Å². The highest BCUT2D eigenvalue weighted by atomic mass is 32.2. The molecule has 3 nitrogen and oxygen atoms in total. The van der Waals surface area contributed by atoms with Crippen LogP contribution in [0.5, 0.6) is 0 Å². The molecule has 0 saturated heterocycles. The number of hydrogen-bond acceptors (Lipinski definition) is 4. The first kappa shape index (κ1) is 18.6. The highest BCUT2D eigenvalue weighted by Crippen LogP contribution is 2.34. The molecule has 1 aromatic carbocycles. The number of rotatable bonds is 7. The van der Waals surface area contributed by atoms with Crippen LogP contribution in [0.25, 0.3) is 0 Å². The Balaban J connectivity index is 3.18. The van der Waals surface area contributed by atoms with E-state index in [0.717, 1.165) is 17.4 Å². The molecule has 1 rings (SSSR count). The maximum Gasteiger partial charge on any atom is 0.244 e. The second kappa shape index (κ2) is 8.25. The van der Waals surface area contributed by atoms with Gasteiger partial charge in [-0.05, 0) is 44.0 Å². The average molecular weight is 330 g/mol. The molecule has 1 aromatic rings. The fourth-order valence-corrected chi connectivity index (χ4v) is 2.77. The maximum atomic E-state index is 13.1. The number of halogens is 1. The summed E-state index contributed by atoms with van der Waals surface area (Å²) < 4.78 is 13.1. The van der Waals surface area contributed by atoms with Gasteiger partial charge in [0.05, 0.1) is 9.93 Å². The lowest BCUT2D eigenvalue weighted by Gasteiger charge is -2.31. The van der Waals surface area contributed by atoms with Gasteiger partial charge >= 0.3 is 0 Å². The predicted molar refractivity (Wildman–Crippen MR) is 96.0 cm³/mol. The highest BCUT2D eigenvalue weighted by Gasteiger charge is 2.20. The summed E-state index contributed by atoms with van der Waals surface area (Å²) >= 11 is 1.09. The van der Waals surface area contributed by atoms with Crippen LogP contribution in [0, 0.1) is 18.2 Å². The number of carbonyl (C=O) groups is 1. The number of allylic oxidation sites excluding steroid dienone is 2. The zero-order chi connectivity index (χ0) is 17.6. The van der Waals surface area contributed by atoms with Crippen LogP contribution in [-0.4, -0.2) is 11.8 Å². The van der Waals surface area contributed by atoms with E-state index in [9.17, 15) is 9.18 Å². The first-order valence-corrected chi connectivity index (χ1v) is 7.64. The van der Waals surface area contributed by atoms with Gasteiger partial charge < -0.3 is 10.6 Å². The number of Topliss-reactive ketones (excluding diaryl/α,β-unsaturated/α-hetero) is 1. The summed E-state index contributed by atoms with van der Waals surface area (Å²) in [5.41, 5.74) is 6.79. The minimum atomic E-state index is -0.499. The minimum absolute atomic E-state index is 0.124. The van der Waals surface area contributed by atoms with Crippen molar-refractivity contribution in [3.05, 3.63) is 64.9 Å². The van der Waals surface area contributed by atoms with E-state index in [1.807, 2.05) is 11.8 Å². The highest BCUT2D eigenvalue weighted by molar-refractivity contribution is 8.07. The first-order valence-electron chi connectivity index (χ1n) is 6.83. The van der Waals surface area contributed by atoms with Crippen molar-refractivity contribution in [3.8, 4) is 12.3 Å². The summed E-state index contributed by atoms with van der Waals surface area (Å²) in [4.78, 5) is 13.9. The fourth-order valence-electron chi connectivity index (χ4n) is 1.85. The number of ketones is 1. The van der Waals surface area contributed by atoms with E-state index in [-0.39, 0.29) is 16.8 Å². The minimum Gasteiger partial charge on any atom is -0.401 e. The Labute approximate surface area is 140 Å². The zero-order valence-electron chi connectivity index (χ0n) is 13.2. The van der Waals surface area contributed by atoms with Gasteiger partial charge in [-0.1, -0.05) is 24.4 Å². The molecule has 1 atom stereocenters. The molecule has 0 bridgehead atoms. The molecule has 0 aromatic heterocycles. The standard InChI is InChI=1S/C18H19FN2OS/c1-6-12(3)21(16-10-8-15(19)9-11-16)14(5)23-18(13(4)20)17(22)7-2/h2,6,8-12H,1,5,20H2,3-4H3/b18-13+. The third-order valence-corrected chi connectivity index (χ3v) is 4.18. The number of benzene rings is 1. The normalized spacial score (nSPS) is 12.6. The van der Waals surface area contributed by atoms with Crippen LogP contribution < -0.4 is 10.6 Å².